The Morgan fingerprint density at radius 1 is 0.860 bits per heavy atom. The standard InChI is InChI=1S/C31H26ClN3O7S/c1-40-28-13-18(14-29(41-2)30(28)42-3)25-17-23(22-9-4-5-10-24(22)33-25)31(37)34-26-16-21(11-12-27(26)36)43(38,39)35-20-8-6-7-19(32)15-20/h4-17,35-36H,1-3H3,(H,34,37). The number of pyridine rings is 1. The highest BCUT2D eigenvalue weighted by Crippen LogP contribution is 2.41. The maximum atomic E-state index is 13.7. The van der Waals surface area contributed by atoms with Crippen LogP contribution in [-0.4, -0.2) is 45.7 Å². The molecule has 0 aliphatic heterocycles. The van der Waals surface area contributed by atoms with Crippen molar-refractivity contribution in [1.82, 2.24) is 4.98 Å². The molecule has 0 atom stereocenters. The quantitative estimate of drug-likeness (QED) is 0.163. The zero-order valence-corrected chi connectivity index (χ0v) is 24.8. The van der Waals surface area contributed by atoms with Gasteiger partial charge in [-0.25, -0.2) is 13.4 Å². The van der Waals surface area contributed by atoms with Gasteiger partial charge in [0.15, 0.2) is 11.5 Å². The Morgan fingerprint density at radius 2 is 1.58 bits per heavy atom. The molecular formula is C31H26ClN3O7S. The summed E-state index contributed by atoms with van der Waals surface area (Å²) in [6.45, 7) is 0. The summed E-state index contributed by atoms with van der Waals surface area (Å²) in [5.41, 5.74) is 1.96. The van der Waals surface area contributed by atoms with Crippen molar-refractivity contribution in [2.75, 3.05) is 31.4 Å². The molecule has 1 heterocycles. The van der Waals surface area contributed by atoms with Crippen LogP contribution in [0.15, 0.2) is 89.8 Å². The number of nitrogens with zero attached hydrogens (tertiary/aromatic N) is 1. The number of aromatic nitrogens is 1. The molecule has 43 heavy (non-hydrogen) atoms. The van der Waals surface area contributed by atoms with Gasteiger partial charge >= 0.3 is 0 Å². The Balaban J connectivity index is 1.53. The number of benzene rings is 4. The molecule has 10 nitrogen and oxygen atoms in total. The number of carbonyl (C=O) groups is 1. The van der Waals surface area contributed by atoms with E-state index in [1.807, 2.05) is 0 Å². The van der Waals surface area contributed by atoms with Crippen molar-refractivity contribution in [3.8, 4) is 34.3 Å². The van der Waals surface area contributed by atoms with Crippen LogP contribution in [0.5, 0.6) is 23.0 Å². The zero-order chi connectivity index (χ0) is 30.7. The lowest BCUT2D eigenvalue weighted by molar-refractivity contribution is 0.102. The number of nitrogens with one attached hydrogen (secondary N) is 2. The van der Waals surface area contributed by atoms with E-state index in [1.165, 1.54) is 45.6 Å². The van der Waals surface area contributed by atoms with Crippen molar-refractivity contribution >= 4 is 49.8 Å². The van der Waals surface area contributed by atoms with Crippen LogP contribution in [-0.2, 0) is 10.0 Å². The van der Waals surface area contributed by atoms with Crippen LogP contribution in [0.1, 0.15) is 10.4 Å². The number of anilines is 2. The molecule has 5 rings (SSSR count). The molecule has 4 aromatic carbocycles. The van der Waals surface area contributed by atoms with E-state index >= 15 is 0 Å². The number of rotatable bonds is 9. The molecule has 3 N–H and O–H groups in total. The van der Waals surface area contributed by atoms with Gasteiger partial charge in [0.2, 0.25) is 5.75 Å². The van der Waals surface area contributed by atoms with Crippen LogP contribution in [0.25, 0.3) is 22.2 Å². The molecule has 12 heteroatoms. The van der Waals surface area contributed by atoms with Crippen LogP contribution >= 0.6 is 11.6 Å². The topological polar surface area (TPSA) is 136 Å². The smallest absolute Gasteiger partial charge is 0.261 e. The Labute approximate surface area is 252 Å². The first-order valence-electron chi connectivity index (χ1n) is 12.8. The number of phenols is 1. The lowest BCUT2D eigenvalue weighted by Gasteiger charge is -2.15. The maximum Gasteiger partial charge on any atom is 0.261 e. The average Bonchev–Trinajstić information content (AvgIpc) is 3.00. The zero-order valence-electron chi connectivity index (χ0n) is 23.2. The maximum absolute atomic E-state index is 13.7. The van der Waals surface area contributed by atoms with Crippen LogP contribution < -0.4 is 24.2 Å². The van der Waals surface area contributed by atoms with E-state index in [1.54, 1.807) is 60.7 Å². The highest BCUT2D eigenvalue weighted by Gasteiger charge is 2.21. The predicted octanol–water partition coefficient (Wildman–Crippen LogP) is 6.34. The van der Waals surface area contributed by atoms with Crippen LogP contribution in [0.4, 0.5) is 11.4 Å². The Morgan fingerprint density at radius 3 is 2.26 bits per heavy atom. The van der Waals surface area contributed by atoms with E-state index < -0.39 is 15.9 Å². The highest BCUT2D eigenvalue weighted by molar-refractivity contribution is 7.92. The number of hydrogen-bond donors (Lipinski definition) is 3. The number of amides is 1. The van der Waals surface area contributed by atoms with Crippen LogP contribution in [0, 0.1) is 0 Å². The highest BCUT2D eigenvalue weighted by atomic mass is 35.5. The molecule has 1 aromatic heterocycles. The Bertz CT molecular complexity index is 1940. The summed E-state index contributed by atoms with van der Waals surface area (Å²) in [5, 5.41) is 14.1. The number of carbonyl (C=O) groups excluding carboxylic acids is 1. The fraction of sp³-hybridized carbons (Fsp3) is 0.0968. The fourth-order valence-electron chi connectivity index (χ4n) is 4.48. The van der Waals surface area contributed by atoms with Crippen molar-refractivity contribution in [3.05, 3.63) is 95.5 Å². The molecule has 0 unspecified atom stereocenters. The number of fused-ring (bicyclic) bond motifs is 1. The summed E-state index contributed by atoms with van der Waals surface area (Å²) in [5.74, 6) is 0.306. The van der Waals surface area contributed by atoms with Gasteiger partial charge in [-0.1, -0.05) is 35.9 Å². The molecule has 5 aromatic rings. The van der Waals surface area contributed by atoms with Crippen molar-refractivity contribution in [2.45, 2.75) is 4.90 Å². The van der Waals surface area contributed by atoms with Crippen LogP contribution in [0.3, 0.4) is 0 Å². The third-order valence-electron chi connectivity index (χ3n) is 6.52. The first kappa shape index (κ1) is 29.5. The van der Waals surface area contributed by atoms with E-state index in [0.717, 1.165) is 0 Å². The first-order chi connectivity index (χ1) is 20.6. The van der Waals surface area contributed by atoms with Gasteiger partial charge < -0.3 is 24.6 Å². The molecule has 0 aliphatic rings. The van der Waals surface area contributed by atoms with Gasteiger partial charge in [0.1, 0.15) is 5.75 Å². The number of sulfonamides is 1. The summed E-state index contributed by atoms with van der Waals surface area (Å²) in [4.78, 5) is 18.3. The number of phenolic OH excluding ortho intramolecular Hbond substituents is 1. The van der Waals surface area contributed by atoms with Gasteiger partial charge in [-0.15, -0.1) is 0 Å². The summed E-state index contributed by atoms with van der Waals surface area (Å²) in [7, 11) is 0.417. The summed E-state index contributed by atoms with van der Waals surface area (Å²) < 4.78 is 45.0. The summed E-state index contributed by atoms with van der Waals surface area (Å²) >= 11 is 5.98. The fourth-order valence-corrected chi connectivity index (χ4v) is 5.74. The van der Waals surface area contributed by atoms with E-state index in [-0.39, 0.29) is 27.6 Å². The predicted molar refractivity (Wildman–Crippen MR) is 165 cm³/mol. The number of para-hydroxylation sites is 1. The monoisotopic (exact) mass is 619 g/mol. The minimum absolute atomic E-state index is 0.103. The molecule has 0 fully saturated rings. The minimum atomic E-state index is -4.08. The van der Waals surface area contributed by atoms with E-state index in [4.69, 9.17) is 30.8 Å². The van der Waals surface area contributed by atoms with Crippen molar-refractivity contribution in [2.24, 2.45) is 0 Å². The van der Waals surface area contributed by atoms with Crippen molar-refractivity contribution < 1.29 is 32.5 Å². The number of methoxy groups -OCH3 is 3. The summed E-state index contributed by atoms with van der Waals surface area (Å²) in [6, 6.07) is 21.9. The van der Waals surface area contributed by atoms with E-state index in [2.05, 4.69) is 10.0 Å². The molecule has 0 saturated heterocycles. The van der Waals surface area contributed by atoms with Gasteiger partial charge in [0.05, 0.1) is 54.4 Å². The Hall–Kier alpha value is -5.00. The first-order valence-corrected chi connectivity index (χ1v) is 14.6. The second-order valence-electron chi connectivity index (χ2n) is 9.24. The second kappa shape index (κ2) is 12.1. The third kappa shape index (κ3) is 6.13. The lowest BCUT2D eigenvalue weighted by atomic mass is 10.0. The summed E-state index contributed by atoms with van der Waals surface area (Å²) in [6.07, 6.45) is 0. The minimum Gasteiger partial charge on any atom is -0.506 e. The second-order valence-corrected chi connectivity index (χ2v) is 11.4. The molecular weight excluding hydrogens is 594 g/mol. The average molecular weight is 620 g/mol. The van der Waals surface area contributed by atoms with Gasteiger partial charge in [-0.2, -0.15) is 0 Å². The van der Waals surface area contributed by atoms with Gasteiger partial charge in [0, 0.05) is 16.0 Å². The van der Waals surface area contributed by atoms with Crippen molar-refractivity contribution in [3.63, 3.8) is 0 Å². The molecule has 220 valence electrons. The lowest BCUT2D eigenvalue weighted by Crippen LogP contribution is -2.16. The number of ether oxygens (including phenoxy) is 3. The SMILES string of the molecule is COc1cc(-c2cc(C(=O)Nc3cc(S(=O)(=O)Nc4cccc(Cl)c4)ccc3O)c3ccccc3n2)cc(OC)c1OC. The number of hydrogen-bond acceptors (Lipinski definition) is 8. The van der Waals surface area contributed by atoms with Gasteiger partial charge in [-0.05, 0) is 60.7 Å². The molecule has 0 spiro atoms. The number of aromatic hydroxyl groups is 1. The van der Waals surface area contributed by atoms with Gasteiger partial charge in [0.25, 0.3) is 15.9 Å². The molecule has 0 radical (unpaired) electrons. The molecule has 0 saturated carbocycles. The van der Waals surface area contributed by atoms with E-state index in [0.29, 0.717) is 44.4 Å². The largest absolute Gasteiger partial charge is 0.506 e. The third-order valence-corrected chi connectivity index (χ3v) is 8.14. The molecule has 0 aliphatic carbocycles. The van der Waals surface area contributed by atoms with Crippen LogP contribution in [0.2, 0.25) is 5.02 Å². The Kier molecular flexibility index (Phi) is 8.29. The number of halogens is 1. The van der Waals surface area contributed by atoms with E-state index in [9.17, 15) is 18.3 Å². The normalized spacial score (nSPS) is 11.2. The molecule has 0 bridgehead atoms. The molecule has 1 amide bonds. The van der Waals surface area contributed by atoms with Gasteiger partial charge in [-0.3, -0.25) is 9.52 Å². The van der Waals surface area contributed by atoms with Crippen molar-refractivity contribution in [1.29, 1.82) is 0 Å².